The highest BCUT2D eigenvalue weighted by Gasteiger charge is 2.33. The SMILES string of the molecule is COCCN1CC(CN)N(C)CCC1(C)C. The van der Waals surface area contributed by atoms with Gasteiger partial charge in [0.1, 0.15) is 0 Å². The van der Waals surface area contributed by atoms with Gasteiger partial charge in [-0.05, 0) is 33.9 Å². The average molecular weight is 229 g/mol. The molecule has 0 amide bonds. The molecule has 1 aliphatic rings. The van der Waals surface area contributed by atoms with Crippen molar-refractivity contribution >= 4 is 0 Å². The lowest BCUT2D eigenvalue weighted by Gasteiger charge is -2.37. The highest BCUT2D eigenvalue weighted by atomic mass is 16.5. The first-order chi connectivity index (χ1) is 7.51. The molecule has 0 aromatic carbocycles. The van der Waals surface area contributed by atoms with E-state index in [0.717, 1.165) is 32.8 Å². The van der Waals surface area contributed by atoms with E-state index in [1.165, 1.54) is 6.42 Å². The van der Waals surface area contributed by atoms with Gasteiger partial charge in [-0.2, -0.15) is 0 Å². The van der Waals surface area contributed by atoms with Crippen LogP contribution in [0.1, 0.15) is 20.3 Å². The van der Waals surface area contributed by atoms with E-state index in [1.807, 2.05) is 0 Å². The molecule has 0 saturated carbocycles. The zero-order chi connectivity index (χ0) is 12.2. The number of hydrogen-bond acceptors (Lipinski definition) is 4. The quantitative estimate of drug-likeness (QED) is 0.756. The van der Waals surface area contributed by atoms with Crippen LogP contribution in [0, 0.1) is 0 Å². The topological polar surface area (TPSA) is 41.7 Å². The van der Waals surface area contributed by atoms with Crippen LogP contribution < -0.4 is 5.73 Å². The van der Waals surface area contributed by atoms with Gasteiger partial charge in [-0.3, -0.25) is 4.90 Å². The molecule has 16 heavy (non-hydrogen) atoms. The van der Waals surface area contributed by atoms with Crippen LogP contribution in [-0.4, -0.2) is 68.3 Å². The van der Waals surface area contributed by atoms with Gasteiger partial charge in [-0.25, -0.2) is 0 Å². The maximum absolute atomic E-state index is 5.84. The number of nitrogens with zero attached hydrogens (tertiary/aromatic N) is 2. The van der Waals surface area contributed by atoms with Crippen LogP contribution in [0.15, 0.2) is 0 Å². The van der Waals surface area contributed by atoms with Crippen molar-refractivity contribution in [2.24, 2.45) is 5.73 Å². The van der Waals surface area contributed by atoms with E-state index in [1.54, 1.807) is 7.11 Å². The molecule has 2 N–H and O–H groups in total. The summed E-state index contributed by atoms with van der Waals surface area (Å²) >= 11 is 0. The second kappa shape index (κ2) is 5.96. The van der Waals surface area contributed by atoms with E-state index in [2.05, 4.69) is 30.7 Å². The first kappa shape index (κ1) is 13.9. The standard InChI is InChI=1S/C12H27N3O/c1-12(2)5-6-14(3)11(9-13)10-15(12)7-8-16-4/h11H,5-10,13H2,1-4H3. The second-order valence-electron chi connectivity index (χ2n) is 5.37. The third kappa shape index (κ3) is 3.42. The lowest BCUT2D eigenvalue weighted by Crippen LogP contribution is -2.49. The number of rotatable bonds is 4. The molecule has 0 aromatic heterocycles. The Labute approximate surface area is 99.7 Å². The summed E-state index contributed by atoms with van der Waals surface area (Å²) in [5.41, 5.74) is 6.09. The van der Waals surface area contributed by atoms with Crippen LogP contribution in [0.3, 0.4) is 0 Å². The predicted molar refractivity (Wildman–Crippen MR) is 67.6 cm³/mol. The van der Waals surface area contributed by atoms with Gasteiger partial charge in [-0.15, -0.1) is 0 Å². The van der Waals surface area contributed by atoms with E-state index in [9.17, 15) is 0 Å². The first-order valence-corrected chi connectivity index (χ1v) is 6.15. The summed E-state index contributed by atoms with van der Waals surface area (Å²) in [5.74, 6) is 0. The number of nitrogens with two attached hydrogens (primary N) is 1. The van der Waals surface area contributed by atoms with Crippen LogP contribution in [0.25, 0.3) is 0 Å². The molecule has 1 rings (SSSR count). The van der Waals surface area contributed by atoms with Crippen molar-refractivity contribution in [1.29, 1.82) is 0 Å². The molecule has 1 fully saturated rings. The zero-order valence-corrected chi connectivity index (χ0v) is 11.2. The maximum atomic E-state index is 5.84. The molecule has 4 nitrogen and oxygen atoms in total. The Morgan fingerprint density at radius 2 is 2.12 bits per heavy atom. The van der Waals surface area contributed by atoms with E-state index in [-0.39, 0.29) is 5.54 Å². The highest BCUT2D eigenvalue weighted by molar-refractivity contribution is 4.90. The molecule has 1 heterocycles. The van der Waals surface area contributed by atoms with Gasteiger partial charge in [0.05, 0.1) is 6.61 Å². The smallest absolute Gasteiger partial charge is 0.0589 e. The van der Waals surface area contributed by atoms with Gasteiger partial charge < -0.3 is 15.4 Å². The first-order valence-electron chi connectivity index (χ1n) is 6.15. The van der Waals surface area contributed by atoms with Crippen LogP contribution in [0.4, 0.5) is 0 Å². The summed E-state index contributed by atoms with van der Waals surface area (Å²) in [6.45, 7) is 9.32. The predicted octanol–water partition coefficient (Wildman–Crippen LogP) is 0.376. The van der Waals surface area contributed by atoms with E-state index < -0.39 is 0 Å². The molecule has 1 unspecified atom stereocenters. The summed E-state index contributed by atoms with van der Waals surface area (Å²) in [4.78, 5) is 4.89. The Morgan fingerprint density at radius 3 is 2.69 bits per heavy atom. The molecular formula is C12H27N3O. The van der Waals surface area contributed by atoms with Crippen molar-refractivity contribution in [2.45, 2.75) is 31.8 Å². The Bertz CT molecular complexity index is 208. The molecule has 96 valence electrons. The summed E-state index contributed by atoms with van der Waals surface area (Å²) in [6, 6.07) is 0.471. The van der Waals surface area contributed by atoms with Crippen LogP contribution in [0.2, 0.25) is 0 Å². The third-order valence-electron chi connectivity index (χ3n) is 3.82. The van der Waals surface area contributed by atoms with Crippen molar-refractivity contribution < 1.29 is 4.74 Å². The summed E-state index contributed by atoms with van der Waals surface area (Å²) in [5, 5.41) is 0. The molecule has 1 saturated heterocycles. The van der Waals surface area contributed by atoms with Gasteiger partial charge in [0.25, 0.3) is 0 Å². The Morgan fingerprint density at radius 1 is 1.44 bits per heavy atom. The lowest BCUT2D eigenvalue weighted by atomic mass is 9.98. The molecule has 1 atom stereocenters. The fourth-order valence-corrected chi connectivity index (χ4v) is 2.28. The normalized spacial score (nSPS) is 27.9. The molecule has 0 spiro atoms. The fraction of sp³-hybridized carbons (Fsp3) is 1.00. The number of methoxy groups -OCH3 is 1. The van der Waals surface area contributed by atoms with E-state index in [0.29, 0.717) is 6.04 Å². The molecule has 0 aromatic rings. The number of hydrogen-bond donors (Lipinski definition) is 1. The highest BCUT2D eigenvalue weighted by Crippen LogP contribution is 2.23. The van der Waals surface area contributed by atoms with Crippen LogP contribution in [-0.2, 0) is 4.74 Å². The number of ether oxygens (including phenoxy) is 1. The van der Waals surface area contributed by atoms with Gasteiger partial charge >= 0.3 is 0 Å². The third-order valence-corrected chi connectivity index (χ3v) is 3.82. The summed E-state index contributed by atoms with van der Waals surface area (Å²) in [7, 11) is 3.94. The van der Waals surface area contributed by atoms with Crippen molar-refractivity contribution in [3.05, 3.63) is 0 Å². The molecule has 0 aliphatic carbocycles. The van der Waals surface area contributed by atoms with Gasteiger partial charge in [-0.1, -0.05) is 0 Å². The minimum absolute atomic E-state index is 0.247. The molecule has 0 bridgehead atoms. The van der Waals surface area contributed by atoms with Crippen molar-refractivity contribution in [2.75, 3.05) is 46.9 Å². The summed E-state index contributed by atoms with van der Waals surface area (Å²) in [6.07, 6.45) is 1.18. The fourth-order valence-electron chi connectivity index (χ4n) is 2.28. The Kier molecular flexibility index (Phi) is 5.18. The molecular weight excluding hydrogens is 202 g/mol. The monoisotopic (exact) mass is 229 g/mol. The Balaban J connectivity index is 2.68. The van der Waals surface area contributed by atoms with Crippen LogP contribution >= 0.6 is 0 Å². The zero-order valence-electron chi connectivity index (χ0n) is 11.2. The van der Waals surface area contributed by atoms with E-state index >= 15 is 0 Å². The maximum Gasteiger partial charge on any atom is 0.0589 e. The van der Waals surface area contributed by atoms with Crippen LogP contribution in [0.5, 0.6) is 0 Å². The van der Waals surface area contributed by atoms with E-state index in [4.69, 9.17) is 10.5 Å². The van der Waals surface area contributed by atoms with Crippen molar-refractivity contribution in [3.63, 3.8) is 0 Å². The van der Waals surface area contributed by atoms with Crippen molar-refractivity contribution in [1.82, 2.24) is 9.80 Å². The Hall–Kier alpha value is -0.160. The minimum Gasteiger partial charge on any atom is -0.383 e. The van der Waals surface area contributed by atoms with Gasteiger partial charge in [0, 0.05) is 38.3 Å². The van der Waals surface area contributed by atoms with Gasteiger partial charge in [0.2, 0.25) is 0 Å². The molecule has 0 radical (unpaired) electrons. The summed E-state index contributed by atoms with van der Waals surface area (Å²) < 4.78 is 5.19. The molecule has 1 aliphatic heterocycles. The second-order valence-corrected chi connectivity index (χ2v) is 5.37. The molecule has 4 heteroatoms. The van der Waals surface area contributed by atoms with Crippen molar-refractivity contribution in [3.8, 4) is 0 Å². The largest absolute Gasteiger partial charge is 0.383 e. The lowest BCUT2D eigenvalue weighted by molar-refractivity contribution is 0.0748. The minimum atomic E-state index is 0.247. The average Bonchev–Trinajstić information content (AvgIpc) is 2.35. The number of likely N-dealkylation sites (N-methyl/N-ethyl adjacent to an activating group) is 1. The van der Waals surface area contributed by atoms with Gasteiger partial charge in [0.15, 0.2) is 0 Å².